The van der Waals surface area contributed by atoms with Crippen molar-refractivity contribution in [3.63, 3.8) is 0 Å². The summed E-state index contributed by atoms with van der Waals surface area (Å²) in [4.78, 5) is 20.1. The van der Waals surface area contributed by atoms with Crippen LogP contribution in [-0.4, -0.2) is 28.7 Å². The summed E-state index contributed by atoms with van der Waals surface area (Å²) in [6.45, 7) is 4.03. The maximum Gasteiger partial charge on any atom is 0.254 e. The SMILES string of the molecule is CC(C)NC(=O)c1cnc(Nc2ccc3c(c2)OCO3)nc1. The molecule has 0 bridgehead atoms. The smallest absolute Gasteiger partial charge is 0.254 e. The Morgan fingerprint density at radius 3 is 2.64 bits per heavy atom. The minimum atomic E-state index is -0.190. The lowest BCUT2D eigenvalue weighted by Crippen LogP contribution is -2.30. The summed E-state index contributed by atoms with van der Waals surface area (Å²) >= 11 is 0. The highest BCUT2D eigenvalue weighted by atomic mass is 16.7. The van der Waals surface area contributed by atoms with Gasteiger partial charge in [0.1, 0.15) is 0 Å². The third-order valence-electron chi connectivity index (χ3n) is 2.96. The zero-order valence-corrected chi connectivity index (χ0v) is 12.3. The van der Waals surface area contributed by atoms with Crippen molar-refractivity contribution in [2.75, 3.05) is 12.1 Å². The molecule has 0 fully saturated rings. The van der Waals surface area contributed by atoms with Gasteiger partial charge in [-0.15, -0.1) is 0 Å². The van der Waals surface area contributed by atoms with E-state index in [-0.39, 0.29) is 18.7 Å². The first-order chi connectivity index (χ1) is 10.6. The molecule has 22 heavy (non-hydrogen) atoms. The molecule has 0 spiro atoms. The van der Waals surface area contributed by atoms with Crippen molar-refractivity contribution in [3.8, 4) is 11.5 Å². The predicted octanol–water partition coefficient (Wildman–Crippen LogP) is 2.09. The number of ether oxygens (including phenoxy) is 2. The van der Waals surface area contributed by atoms with Gasteiger partial charge in [-0.3, -0.25) is 4.79 Å². The molecule has 2 aromatic rings. The van der Waals surface area contributed by atoms with Crippen LogP contribution in [0.3, 0.4) is 0 Å². The number of hydrogen-bond donors (Lipinski definition) is 2. The number of benzene rings is 1. The normalized spacial score (nSPS) is 12.3. The molecule has 2 N–H and O–H groups in total. The van der Waals surface area contributed by atoms with Crippen LogP contribution >= 0.6 is 0 Å². The zero-order chi connectivity index (χ0) is 15.5. The van der Waals surface area contributed by atoms with Gasteiger partial charge in [-0.25, -0.2) is 9.97 Å². The fraction of sp³-hybridized carbons (Fsp3) is 0.267. The van der Waals surface area contributed by atoms with E-state index >= 15 is 0 Å². The van der Waals surface area contributed by atoms with Crippen molar-refractivity contribution in [2.45, 2.75) is 19.9 Å². The summed E-state index contributed by atoms with van der Waals surface area (Å²) < 4.78 is 10.6. The van der Waals surface area contributed by atoms with Crippen molar-refractivity contribution in [3.05, 3.63) is 36.2 Å². The third kappa shape index (κ3) is 3.08. The number of anilines is 2. The van der Waals surface area contributed by atoms with Crippen LogP contribution in [0.2, 0.25) is 0 Å². The molecule has 1 aliphatic heterocycles. The first-order valence-electron chi connectivity index (χ1n) is 6.91. The Kier molecular flexibility index (Phi) is 3.78. The topological polar surface area (TPSA) is 85.4 Å². The van der Waals surface area contributed by atoms with Gasteiger partial charge in [-0.2, -0.15) is 0 Å². The number of carbonyl (C=O) groups is 1. The average molecular weight is 300 g/mol. The Morgan fingerprint density at radius 2 is 1.91 bits per heavy atom. The monoisotopic (exact) mass is 300 g/mol. The summed E-state index contributed by atoms with van der Waals surface area (Å²) in [6, 6.07) is 5.54. The van der Waals surface area contributed by atoms with Gasteiger partial charge in [0.2, 0.25) is 12.7 Å². The molecule has 0 saturated carbocycles. The van der Waals surface area contributed by atoms with E-state index < -0.39 is 0 Å². The largest absolute Gasteiger partial charge is 0.454 e. The van der Waals surface area contributed by atoms with Gasteiger partial charge in [0, 0.05) is 30.2 Å². The van der Waals surface area contributed by atoms with E-state index in [2.05, 4.69) is 20.6 Å². The molecular formula is C15H16N4O3. The minimum Gasteiger partial charge on any atom is -0.454 e. The standard InChI is InChI=1S/C15H16N4O3/c1-9(2)18-14(20)10-6-16-15(17-7-10)19-11-3-4-12-13(5-11)22-8-21-12/h3-7,9H,8H2,1-2H3,(H,18,20)(H,16,17,19). The number of nitrogens with one attached hydrogen (secondary N) is 2. The highest BCUT2D eigenvalue weighted by Crippen LogP contribution is 2.34. The van der Waals surface area contributed by atoms with Crippen LogP contribution in [0.5, 0.6) is 11.5 Å². The highest BCUT2D eigenvalue weighted by molar-refractivity contribution is 5.93. The molecule has 1 aliphatic rings. The van der Waals surface area contributed by atoms with Crippen molar-refractivity contribution in [2.24, 2.45) is 0 Å². The summed E-state index contributed by atoms with van der Waals surface area (Å²) in [5.74, 6) is 1.61. The van der Waals surface area contributed by atoms with Crippen LogP contribution in [0, 0.1) is 0 Å². The maximum atomic E-state index is 11.8. The van der Waals surface area contributed by atoms with Gasteiger partial charge in [-0.05, 0) is 26.0 Å². The van der Waals surface area contributed by atoms with Gasteiger partial charge in [0.25, 0.3) is 5.91 Å². The fourth-order valence-electron chi connectivity index (χ4n) is 1.96. The fourth-order valence-corrected chi connectivity index (χ4v) is 1.96. The lowest BCUT2D eigenvalue weighted by molar-refractivity contribution is 0.0942. The zero-order valence-electron chi connectivity index (χ0n) is 12.3. The Morgan fingerprint density at radius 1 is 1.18 bits per heavy atom. The molecular weight excluding hydrogens is 284 g/mol. The molecule has 0 radical (unpaired) electrons. The van der Waals surface area contributed by atoms with E-state index in [1.807, 2.05) is 32.0 Å². The molecule has 1 aromatic heterocycles. The number of hydrogen-bond acceptors (Lipinski definition) is 6. The second-order valence-corrected chi connectivity index (χ2v) is 5.12. The van der Waals surface area contributed by atoms with Gasteiger partial charge in [0.15, 0.2) is 11.5 Å². The van der Waals surface area contributed by atoms with Crippen molar-refractivity contribution >= 4 is 17.5 Å². The quantitative estimate of drug-likeness (QED) is 0.899. The first-order valence-corrected chi connectivity index (χ1v) is 6.91. The molecule has 1 amide bonds. The summed E-state index contributed by atoms with van der Waals surface area (Å²) in [5.41, 5.74) is 1.20. The molecule has 0 aliphatic carbocycles. The summed E-state index contributed by atoms with van der Waals surface area (Å²) in [7, 11) is 0. The van der Waals surface area contributed by atoms with Crippen LogP contribution in [-0.2, 0) is 0 Å². The summed E-state index contributed by atoms with van der Waals surface area (Å²) in [6.07, 6.45) is 2.97. The molecule has 1 aromatic carbocycles. The molecule has 3 rings (SSSR count). The van der Waals surface area contributed by atoms with Gasteiger partial charge in [0.05, 0.1) is 5.56 Å². The molecule has 114 valence electrons. The second kappa shape index (κ2) is 5.88. The molecule has 2 heterocycles. The van der Waals surface area contributed by atoms with E-state index in [9.17, 15) is 4.79 Å². The third-order valence-corrected chi connectivity index (χ3v) is 2.96. The molecule has 7 nitrogen and oxygen atoms in total. The Labute approximate surface area is 127 Å². The van der Waals surface area contributed by atoms with E-state index in [1.165, 1.54) is 12.4 Å². The number of nitrogens with zero attached hydrogens (tertiary/aromatic N) is 2. The molecule has 0 atom stereocenters. The van der Waals surface area contributed by atoms with Crippen LogP contribution in [0.1, 0.15) is 24.2 Å². The number of carbonyl (C=O) groups excluding carboxylic acids is 1. The minimum absolute atomic E-state index is 0.0685. The Hall–Kier alpha value is -2.83. The summed E-state index contributed by atoms with van der Waals surface area (Å²) in [5, 5.41) is 5.84. The van der Waals surface area contributed by atoms with Gasteiger partial charge in [-0.1, -0.05) is 0 Å². The van der Waals surface area contributed by atoms with Crippen LogP contribution in [0.15, 0.2) is 30.6 Å². The van der Waals surface area contributed by atoms with E-state index in [0.717, 1.165) is 5.69 Å². The van der Waals surface area contributed by atoms with Gasteiger partial charge >= 0.3 is 0 Å². The lowest BCUT2D eigenvalue weighted by Gasteiger charge is -2.09. The lowest BCUT2D eigenvalue weighted by atomic mass is 10.3. The number of rotatable bonds is 4. The average Bonchev–Trinajstić information content (AvgIpc) is 2.95. The van der Waals surface area contributed by atoms with Crippen molar-refractivity contribution in [1.29, 1.82) is 0 Å². The van der Waals surface area contributed by atoms with E-state index in [1.54, 1.807) is 0 Å². The number of amides is 1. The van der Waals surface area contributed by atoms with Crippen molar-refractivity contribution < 1.29 is 14.3 Å². The van der Waals surface area contributed by atoms with Crippen LogP contribution in [0.25, 0.3) is 0 Å². The highest BCUT2D eigenvalue weighted by Gasteiger charge is 2.14. The Bertz CT molecular complexity index is 686. The Balaban J connectivity index is 1.70. The van der Waals surface area contributed by atoms with E-state index in [0.29, 0.717) is 23.0 Å². The second-order valence-electron chi connectivity index (χ2n) is 5.12. The van der Waals surface area contributed by atoms with Crippen LogP contribution < -0.4 is 20.1 Å². The first kappa shape index (κ1) is 14.1. The van der Waals surface area contributed by atoms with E-state index in [4.69, 9.17) is 9.47 Å². The van der Waals surface area contributed by atoms with Gasteiger partial charge < -0.3 is 20.1 Å². The maximum absolute atomic E-state index is 11.8. The molecule has 0 unspecified atom stereocenters. The molecule has 0 saturated heterocycles. The van der Waals surface area contributed by atoms with Crippen LogP contribution in [0.4, 0.5) is 11.6 Å². The number of aromatic nitrogens is 2. The van der Waals surface area contributed by atoms with Crippen molar-refractivity contribution in [1.82, 2.24) is 15.3 Å². The predicted molar refractivity (Wildman–Crippen MR) is 80.5 cm³/mol. The molecule has 7 heteroatoms. The number of fused-ring (bicyclic) bond motifs is 1.